The average Bonchev–Trinajstić information content (AvgIpc) is 2.66. The summed E-state index contributed by atoms with van der Waals surface area (Å²) in [5.74, 6) is -1.43. The third-order valence-electron chi connectivity index (χ3n) is 4.87. The lowest BCUT2D eigenvalue weighted by Gasteiger charge is -2.19. The Morgan fingerprint density at radius 3 is 2.18 bits per heavy atom. The number of amides is 1. The maximum Gasteiger partial charge on any atom is 0.326 e. The van der Waals surface area contributed by atoms with E-state index in [0.717, 1.165) is 21.9 Å². The first kappa shape index (κ1) is 19.6. The standard InChI is InChI=1S/C24H25NO3/c1-24(2,3)20-12-10-18(11-13-20)22(26)25-21(23(27)28)15-16-8-9-17-6-4-5-7-19(17)14-16/h4-14,21H,15H2,1-3H3,(H,25,26)(H,27,28)/t21-/m0/s1. The number of nitrogens with one attached hydrogen (secondary N) is 1. The second-order valence-corrected chi connectivity index (χ2v) is 8.08. The van der Waals surface area contributed by atoms with E-state index in [4.69, 9.17) is 0 Å². The molecule has 0 aromatic heterocycles. The van der Waals surface area contributed by atoms with Crippen molar-refractivity contribution in [1.82, 2.24) is 5.32 Å². The first-order valence-electron chi connectivity index (χ1n) is 9.36. The Kier molecular flexibility index (Phi) is 5.50. The summed E-state index contributed by atoms with van der Waals surface area (Å²) in [7, 11) is 0. The number of hydrogen-bond acceptors (Lipinski definition) is 2. The molecule has 4 nitrogen and oxygen atoms in total. The summed E-state index contributed by atoms with van der Waals surface area (Å²) >= 11 is 0. The zero-order valence-electron chi connectivity index (χ0n) is 16.4. The van der Waals surface area contributed by atoms with Crippen LogP contribution >= 0.6 is 0 Å². The van der Waals surface area contributed by atoms with Crippen LogP contribution in [0.1, 0.15) is 42.3 Å². The monoisotopic (exact) mass is 375 g/mol. The molecule has 2 N–H and O–H groups in total. The molecule has 0 aliphatic carbocycles. The molecule has 144 valence electrons. The Balaban J connectivity index is 1.75. The predicted octanol–water partition coefficient (Wildman–Crippen LogP) is 4.56. The third-order valence-corrected chi connectivity index (χ3v) is 4.87. The lowest BCUT2D eigenvalue weighted by atomic mass is 9.86. The highest BCUT2D eigenvalue weighted by Crippen LogP contribution is 2.22. The highest BCUT2D eigenvalue weighted by molar-refractivity contribution is 5.96. The molecule has 4 heteroatoms. The Hall–Kier alpha value is -3.14. The third kappa shape index (κ3) is 4.58. The topological polar surface area (TPSA) is 66.4 Å². The van der Waals surface area contributed by atoms with E-state index in [2.05, 4.69) is 26.1 Å². The second kappa shape index (κ2) is 7.85. The lowest BCUT2D eigenvalue weighted by molar-refractivity contribution is -0.139. The molecule has 3 rings (SSSR count). The van der Waals surface area contributed by atoms with Crippen LogP contribution in [-0.2, 0) is 16.6 Å². The van der Waals surface area contributed by atoms with Crippen molar-refractivity contribution in [3.63, 3.8) is 0 Å². The van der Waals surface area contributed by atoms with Gasteiger partial charge in [0.15, 0.2) is 0 Å². The first-order valence-corrected chi connectivity index (χ1v) is 9.36. The van der Waals surface area contributed by atoms with Crippen LogP contribution in [0.15, 0.2) is 66.7 Å². The van der Waals surface area contributed by atoms with E-state index in [0.29, 0.717) is 5.56 Å². The highest BCUT2D eigenvalue weighted by atomic mass is 16.4. The lowest BCUT2D eigenvalue weighted by Crippen LogP contribution is -2.42. The van der Waals surface area contributed by atoms with Crippen LogP contribution in [0, 0.1) is 0 Å². The average molecular weight is 375 g/mol. The fraction of sp³-hybridized carbons (Fsp3) is 0.250. The minimum Gasteiger partial charge on any atom is -0.480 e. The van der Waals surface area contributed by atoms with Crippen LogP contribution in [0.5, 0.6) is 0 Å². The van der Waals surface area contributed by atoms with E-state index >= 15 is 0 Å². The van der Waals surface area contributed by atoms with Gasteiger partial charge in [-0.05, 0) is 39.4 Å². The number of carbonyl (C=O) groups excluding carboxylic acids is 1. The summed E-state index contributed by atoms with van der Waals surface area (Å²) in [5.41, 5.74) is 2.44. The fourth-order valence-electron chi connectivity index (χ4n) is 3.16. The number of aliphatic carboxylic acids is 1. The van der Waals surface area contributed by atoms with Gasteiger partial charge in [0.1, 0.15) is 6.04 Å². The molecule has 0 aliphatic rings. The molecule has 0 radical (unpaired) electrons. The van der Waals surface area contributed by atoms with Gasteiger partial charge in [-0.15, -0.1) is 0 Å². The van der Waals surface area contributed by atoms with E-state index in [9.17, 15) is 14.7 Å². The highest BCUT2D eigenvalue weighted by Gasteiger charge is 2.22. The molecule has 3 aromatic rings. The minimum atomic E-state index is -1.05. The van der Waals surface area contributed by atoms with Crippen molar-refractivity contribution in [2.24, 2.45) is 0 Å². The Morgan fingerprint density at radius 2 is 1.57 bits per heavy atom. The smallest absolute Gasteiger partial charge is 0.326 e. The number of carboxylic acids is 1. The van der Waals surface area contributed by atoms with Crippen molar-refractivity contribution in [2.45, 2.75) is 38.6 Å². The number of carboxylic acid groups (broad SMARTS) is 1. The Labute approximate surface area is 165 Å². The largest absolute Gasteiger partial charge is 0.480 e. The number of fused-ring (bicyclic) bond motifs is 1. The Morgan fingerprint density at radius 1 is 0.929 bits per heavy atom. The van der Waals surface area contributed by atoms with Gasteiger partial charge in [0.2, 0.25) is 0 Å². The van der Waals surface area contributed by atoms with Crippen LogP contribution < -0.4 is 5.32 Å². The maximum absolute atomic E-state index is 12.5. The predicted molar refractivity (Wildman–Crippen MR) is 112 cm³/mol. The van der Waals surface area contributed by atoms with E-state index in [1.54, 1.807) is 12.1 Å². The number of hydrogen-bond donors (Lipinski definition) is 2. The summed E-state index contributed by atoms with van der Waals surface area (Å²) in [4.78, 5) is 24.3. The number of rotatable bonds is 5. The van der Waals surface area contributed by atoms with Crippen molar-refractivity contribution in [3.05, 3.63) is 83.4 Å². The van der Waals surface area contributed by atoms with E-state index in [1.165, 1.54) is 0 Å². The summed E-state index contributed by atoms with van der Waals surface area (Å²) in [6.45, 7) is 6.31. The van der Waals surface area contributed by atoms with Crippen molar-refractivity contribution < 1.29 is 14.7 Å². The molecule has 1 atom stereocenters. The van der Waals surface area contributed by atoms with Gasteiger partial charge in [0, 0.05) is 12.0 Å². The molecule has 0 saturated heterocycles. The molecule has 0 spiro atoms. The van der Waals surface area contributed by atoms with Crippen molar-refractivity contribution in [2.75, 3.05) is 0 Å². The van der Waals surface area contributed by atoms with Gasteiger partial charge in [-0.1, -0.05) is 75.4 Å². The molecule has 0 saturated carbocycles. The number of benzene rings is 3. The van der Waals surface area contributed by atoms with Crippen LogP contribution in [0.3, 0.4) is 0 Å². The molecule has 0 fully saturated rings. The Bertz CT molecular complexity index is 1000. The quantitative estimate of drug-likeness (QED) is 0.687. The van der Waals surface area contributed by atoms with Gasteiger partial charge >= 0.3 is 5.97 Å². The summed E-state index contributed by atoms with van der Waals surface area (Å²) in [6.07, 6.45) is 0.228. The molecular formula is C24H25NO3. The molecule has 0 unspecified atom stereocenters. The van der Waals surface area contributed by atoms with Crippen LogP contribution in [0.25, 0.3) is 10.8 Å². The van der Waals surface area contributed by atoms with Crippen molar-refractivity contribution in [1.29, 1.82) is 0 Å². The van der Waals surface area contributed by atoms with Gasteiger partial charge in [-0.2, -0.15) is 0 Å². The van der Waals surface area contributed by atoms with Crippen LogP contribution in [0.4, 0.5) is 0 Å². The van der Waals surface area contributed by atoms with Gasteiger partial charge < -0.3 is 10.4 Å². The van der Waals surface area contributed by atoms with Crippen LogP contribution in [-0.4, -0.2) is 23.0 Å². The molecule has 0 bridgehead atoms. The van der Waals surface area contributed by atoms with E-state index < -0.39 is 12.0 Å². The normalized spacial score (nSPS) is 12.5. The molecule has 28 heavy (non-hydrogen) atoms. The van der Waals surface area contributed by atoms with E-state index in [-0.39, 0.29) is 17.7 Å². The maximum atomic E-state index is 12.5. The van der Waals surface area contributed by atoms with Gasteiger partial charge in [-0.25, -0.2) is 4.79 Å². The van der Waals surface area contributed by atoms with Gasteiger partial charge in [0.25, 0.3) is 5.91 Å². The minimum absolute atomic E-state index is 0.00527. The zero-order valence-corrected chi connectivity index (χ0v) is 16.4. The van der Waals surface area contributed by atoms with Gasteiger partial charge in [0.05, 0.1) is 0 Å². The molecule has 1 amide bonds. The van der Waals surface area contributed by atoms with E-state index in [1.807, 2.05) is 54.6 Å². The molecule has 3 aromatic carbocycles. The molecule has 0 aliphatic heterocycles. The SMILES string of the molecule is CC(C)(C)c1ccc(C(=O)N[C@@H](Cc2ccc3ccccc3c2)C(=O)O)cc1. The summed E-state index contributed by atoms with van der Waals surface area (Å²) in [5, 5.41) is 14.4. The number of carbonyl (C=O) groups is 2. The van der Waals surface area contributed by atoms with Gasteiger partial charge in [-0.3, -0.25) is 4.79 Å². The summed E-state index contributed by atoms with van der Waals surface area (Å²) in [6, 6.07) is 20.1. The van der Waals surface area contributed by atoms with Crippen molar-refractivity contribution >= 4 is 22.6 Å². The van der Waals surface area contributed by atoms with Crippen molar-refractivity contribution in [3.8, 4) is 0 Å². The van der Waals surface area contributed by atoms with Crippen LogP contribution in [0.2, 0.25) is 0 Å². The molecular weight excluding hydrogens is 350 g/mol. The molecule has 0 heterocycles. The zero-order chi connectivity index (χ0) is 20.3. The fourth-order valence-corrected chi connectivity index (χ4v) is 3.16. The second-order valence-electron chi connectivity index (χ2n) is 8.08. The first-order chi connectivity index (χ1) is 13.2. The summed E-state index contributed by atoms with van der Waals surface area (Å²) < 4.78 is 0.